The molecule has 1 aromatic heterocycles. The number of ketones is 1. The van der Waals surface area contributed by atoms with Gasteiger partial charge in [-0.15, -0.1) is 0 Å². The third-order valence-electron chi connectivity index (χ3n) is 5.68. The number of aryl methyl sites for hydroxylation is 2. The second-order valence-corrected chi connectivity index (χ2v) is 9.24. The monoisotopic (exact) mass is 453 g/mol. The van der Waals surface area contributed by atoms with Crippen molar-refractivity contribution < 1.29 is 9.59 Å². The van der Waals surface area contributed by atoms with Gasteiger partial charge in [-0.2, -0.15) is 16.9 Å². The number of thioether (sulfide) groups is 1. The van der Waals surface area contributed by atoms with Crippen LogP contribution in [0.15, 0.2) is 72.8 Å². The van der Waals surface area contributed by atoms with Gasteiger partial charge in [-0.05, 0) is 49.2 Å². The zero-order valence-electron chi connectivity index (χ0n) is 18.5. The molecule has 1 aliphatic rings. The molecule has 1 amide bonds. The van der Waals surface area contributed by atoms with E-state index in [9.17, 15) is 9.59 Å². The first-order chi connectivity index (χ1) is 16.0. The lowest BCUT2D eigenvalue weighted by Crippen LogP contribution is -2.16. The number of carbonyl (C=O) groups is 2. The number of hydrogen-bond donors (Lipinski definition) is 1. The van der Waals surface area contributed by atoms with Crippen LogP contribution in [0.1, 0.15) is 48.7 Å². The number of nitrogens with zero attached hydrogens (tertiary/aromatic N) is 2. The molecule has 33 heavy (non-hydrogen) atoms. The minimum Gasteiger partial charge on any atom is -0.306 e. The predicted molar refractivity (Wildman–Crippen MR) is 132 cm³/mol. The van der Waals surface area contributed by atoms with Crippen LogP contribution in [-0.2, 0) is 11.5 Å². The largest absolute Gasteiger partial charge is 0.306 e. The minimum absolute atomic E-state index is 0.0645. The highest BCUT2D eigenvalue weighted by Crippen LogP contribution is 2.36. The molecule has 2 heterocycles. The molecular weight excluding hydrogens is 430 g/mol. The van der Waals surface area contributed by atoms with Gasteiger partial charge in [-0.25, -0.2) is 4.68 Å². The molecule has 0 radical (unpaired) electrons. The number of anilines is 1. The second-order valence-electron chi connectivity index (χ2n) is 8.25. The van der Waals surface area contributed by atoms with Gasteiger partial charge in [0.1, 0.15) is 5.82 Å². The highest BCUT2D eigenvalue weighted by atomic mass is 32.2. The van der Waals surface area contributed by atoms with Crippen LogP contribution >= 0.6 is 11.8 Å². The van der Waals surface area contributed by atoms with Crippen molar-refractivity contribution in [2.24, 2.45) is 0 Å². The molecule has 0 atom stereocenters. The maximum Gasteiger partial charge on any atom is 0.256 e. The summed E-state index contributed by atoms with van der Waals surface area (Å²) in [6.07, 6.45) is 0. The van der Waals surface area contributed by atoms with Crippen molar-refractivity contribution in [1.82, 2.24) is 9.78 Å². The molecule has 0 saturated heterocycles. The number of carbonyl (C=O) groups excluding carboxylic acids is 2. The maximum absolute atomic E-state index is 13.1. The average Bonchev–Trinajstić information content (AvgIpc) is 3.41. The van der Waals surface area contributed by atoms with Crippen LogP contribution in [0.25, 0.3) is 5.69 Å². The van der Waals surface area contributed by atoms with Crippen molar-refractivity contribution in [3.05, 3.63) is 112 Å². The fourth-order valence-electron chi connectivity index (χ4n) is 4.11. The van der Waals surface area contributed by atoms with Crippen LogP contribution in [0.3, 0.4) is 0 Å². The highest BCUT2D eigenvalue weighted by Gasteiger charge is 2.25. The summed E-state index contributed by atoms with van der Waals surface area (Å²) in [5.74, 6) is 2.09. The molecule has 164 valence electrons. The first-order valence-electron chi connectivity index (χ1n) is 10.8. The van der Waals surface area contributed by atoms with Gasteiger partial charge >= 0.3 is 0 Å². The summed E-state index contributed by atoms with van der Waals surface area (Å²) in [6, 6.07) is 22.2. The third-order valence-corrected chi connectivity index (χ3v) is 6.65. The summed E-state index contributed by atoms with van der Waals surface area (Å²) >= 11 is 1.80. The van der Waals surface area contributed by atoms with Gasteiger partial charge in [-0.1, -0.05) is 48.5 Å². The van der Waals surface area contributed by atoms with Crippen molar-refractivity contribution in [3.8, 4) is 5.69 Å². The number of hydrogen-bond acceptors (Lipinski definition) is 4. The number of fused-ring (bicyclic) bond motifs is 1. The molecule has 5 rings (SSSR count). The molecule has 1 N–H and O–H groups in total. The zero-order chi connectivity index (χ0) is 22.9. The smallest absolute Gasteiger partial charge is 0.256 e. The van der Waals surface area contributed by atoms with E-state index in [-0.39, 0.29) is 11.7 Å². The SMILES string of the molecule is Cc1cc(C)cc(-n2nc3c(c2NC(=O)c2ccc(C(=O)c4ccccc4)cc2)CSC3)c1. The summed E-state index contributed by atoms with van der Waals surface area (Å²) < 4.78 is 1.84. The van der Waals surface area contributed by atoms with Crippen LogP contribution in [-0.4, -0.2) is 21.5 Å². The summed E-state index contributed by atoms with van der Waals surface area (Å²) in [4.78, 5) is 25.8. The molecule has 4 aromatic rings. The lowest BCUT2D eigenvalue weighted by atomic mass is 10.0. The Bertz CT molecular complexity index is 1340. The first kappa shape index (κ1) is 21.2. The molecule has 5 nitrogen and oxygen atoms in total. The molecule has 3 aromatic carbocycles. The van der Waals surface area contributed by atoms with E-state index in [1.807, 2.05) is 22.9 Å². The normalized spacial score (nSPS) is 12.4. The molecule has 0 spiro atoms. The Kier molecular flexibility index (Phi) is 5.60. The van der Waals surface area contributed by atoms with E-state index >= 15 is 0 Å². The maximum atomic E-state index is 13.1. The lowest BCUT2D eigenvalue weighted by molar-refractivity contribution is 0.101. The first-order valence-corrected chi connectivity index (χ1v) is 11.9. The van der Waals surface area contributed by atoms with Crippen LogP contribution in [0, 0.1) is 13.8 Å². The van der Waals surface area contributed by atoms with Crippen LogP contribution < -0.4 is 5.32 Å². The third kappa shape index (κ3) is 4.22. The van der Waals surface area contributed by atoms with E-state index in [2.05, 4.69) is 37.4 Å². The summed E-state index contributed by atoms with van der Waals surface area (Å²) in [6.45, 7) is 4.11. The Morgan fingerprint density at radius 3 is 2.18 bits per heavy atom. The van der Waals surface area contributed by atoms with Gasteiger partial charge in [-0.3, -0.25) is 9.59 Å². The number of benzene rings is 3. The van der Waals surface area contributed by atoms with E-state index in [4.69, 9.17) is 5.10 Å². The van der Waals surface area contributed by atoms with Crippen molar-refractivity contribution in [2.75, 3.05) is 5.32 Å². The number of aromatic nitrogens is 2. The molecule has 0 aliphatic carbocycles. The van der Waals surface area contributed by atoms with Crippen LogP contribution in [0.4, 0.5) is 5.82 Å². The summed E-state index contributed by atoms with van der Waals surface area (Å²) in [5.41, 5.74) is 6.98. The van der Waals surface area contributed by atoms with Crippen molar-refractivity contribution in [3.63, 3.8) is 0 Å². The van der Waals surface area contributed by atoms with Crippen molar-refractivity contribution >= 4 is 29.3 Å². The van der Waals surface area contributed by atoms with Gasteiger partial charge in [0.2, 0.25) is 0 Å². The molecular formula is C27H23N3O2S. The Morgan fingerprint density at radius 1 is 0.848 bits per heavy atom. The number of nitrogens with one attached hydrogen (secondary N) is 1. The number of rotatable bonds is 5. The number of amides is 1. The molecule has 0 bridgehead atoms. The fourth-order valence-corrected chi connectivity index (χ4v) is 5.14. The lowest BCUT2D eigenvalue weighted by Gasteiger charge is -2.12. The van der Waals surface area contributed by atoms with E-state index in [0.717, 1.165) is 45.4 Å². The van der Waals surface area contributed by atoms with E-state index < -0.39 is 0 Å². The van der Waals surface area contributed by atoms with E-state index in [1.54, 1.807) is 48.2 Å². The van der Waals surface area contributed by atoms with Gasteiger partial charge in [0, 0.05) is 33.8 Å². The summed E-state index contributed by atoms with van der Waals surface area (Å²) in [7, 11) is 0. The zero-order valence-corrected chi connectivity index (χ0v) is 19.3. The van der Waals surface area contributed by atoms with Crippen LogP contribution in [0.5, 0.6) is 0 Å². The molecule has 6 heteroatoms. The Labute approximate surface area is 196 Å². The molecule has 0 unspecified atom stereocenters. The molecule has 0 saturated carbocycles. The standard InChI is InChI=1S/C27H23N3O2S/c1-17-12-18(2)14-22(13-17)30-26(23-15-33-16-24(23)29-30)28-27(32)21-10-8-20(9-11-21)25(31)19-6-4-3-5-7-19/h3-14H,15-16H2,1-2H3,(H,28,32). The van der Waals surface area contributed by atoms with Gasteiger partial charge in [0.25, 0.3) is 5.91 Å². The molecule has 1 aliphatic heterocycles. The molecule has 0 fully saturated rings. The van der Waals surface area contributed by atoms with E-state index in [1.165, 1.54) is 0 Å². The quantitative estimate of drug-likeness (QED) is 0.393. The Balaban J connectivity index is 1.43. The van der Waals surface area contributed by atoms with Crippen LogP contribution in [0.2, 0.25) is 0 Å². The Morgan fingerprint density at radius 2 is 1.48 bits per heavy atom. The van der Waals surface area contributed by atoms with Gasteiger partial charge in [0.15, 0.2) is 5.78 Å². The topological polar surface area (TPSA) is 64.0 Å². The second kappa shape index (κ2) is 8.71. The summed E-state index contributed by atoms with van der Waals surface area (Å²) in [5, 5.41) is 7.89. The van der Waals surface area contributed by atoms with Gasteiger partial charge < -0.3 is 5.32 Å². The highest BCUT2D eigenvalue weighted by molar-refractivity contribution is 7.98. The predicted octanol–water partition coefficient (Wildman–Crippen LogP) is 5.72. The van der Waals surface area contributed by atoms with Crippen molar-refractivity contribution in [1.29, 1.82) is 0 Å². The Hall–Kier alpha value is -3.64. The fraction of sp³-hybridized carbons (Fsp3) is 0.148. The van der Waals surface area contributed by atoms with E-state index in [0.29, 0.717) is 16.7 Å². The van der Waals surface area contributed by atoms with Crippen molar-refractivity contribution in [2.45, 2.75) is 25.4 Å². The average molecular weight is 454 g/mol. The van der Waals surface area contributed by atoms with Gasteiger partial charge in [0.05, 0.1) is 11.4 Å². The minimum atomic E-state index is -0.223.